The molecule has 0 N–H and O–H groups in total. The van der Waals surface area contributed by atoms with Crippen molar-refractivity contribution in [3.63, 3.8) is 0 Å². The largest absolute Gasteiger partial charge is 0.456 e. The molecule has 0 spiro atoms. The van der Waals surface area contributed by atoms with Crippen molar-refractivity contribution in [1.82, 2.24) is 0 Å². The van der Waals surface area contributed by atoms with Gasteiger partial charge in [0.1, 0.15) is 11.2 Å². The van der Waals surface area contributed by atoms with Crippen LogP contribution in [-0.4, -0.2) is 0 Å². The summed E-state index contributed by atoms with van der Waals surface area (Å²) in [5.41, 5.74) is 6.14. The van der Waals surface area contributed by atoms with Crippen LogP contribution in [0.3, 0.4) is 0 Å². The van der Waals surface area contributed by atoms with E-state index in [1.54, 1.807) is 36.4 Å². The molecule has 0 atom stereocenters. The van der Waals surface area contributed by atoms with Crippen LogP contribution >= 0.6 is 0 Å². The van der Waals surface area contributed by atoms with Crippen LogP contribution in [0, 0.1) is 0 Å². The first kappa shape index (κ1) is 24.3. The Kier molecular flexibility index (Phi) is 5.82. The van der Waals surface area contributed by atoms with Crippen LogP contribution in [0.4, 0.5) is 17.1 Å². The van der Waals surface area contributed by atoms with E-state index in [1.165, 1.54) is 4.90 Å². The zero-order valence-corrected chi connectivity index (χ0v) is 27.9. The summed E-state index contributed by atoms with van der Waals surface area (Å²) in [6.45, 7) is 0. The first-order valence-electron chi connectivity index (χ1n) is 20.3. The molecule has 10 aromatic rings. The van der Waals surface area contributed by atoms with E-state index in [9.17, 15) is 8.22 Å². The molecule has 0 amide bonds. The Bertz CT molecular complexity index is 3070. The van der Waals surface area contributed by atoms with Crippen molar-refractivity contribution in [2.75, 3.05) is 4.90 Å². The van der Waals surface area contributed by atoms with E-state index in [1.807, 2.05) is 127 Å². The van der Waals surface area contributed by atoms with Crippen LogP contribution in [0.1, 0.15) is 8.22 Å². The minimum atomic E-state index is -0.0545. The molecule has 0 unspecified atom stereocenters. The van der Waals surface area contributed by atoms with Gasteiger partial charge in [-0.05, 0) is 103 Å². The highest BCUT2D eigenvalue weighted by molar-refractivity contribution is 6.12. The molecule has 0 aliphatic carbocycles. The maximum absolute atomic E-state index is 9.55. The van der Waals surface area contributed by atoms with E-state index in [4.69, 9.17) is 4.42 Å². The number of rotatable bonds is 6. The highest BCUT2D eigenvalue weighted by Crippen LogP contribution is 2.41. The number of para-hydroxylation sites is 1. The topological polar surface area (TPSA) is 16.4 Å². The molecule has 0 radical (unpaired) electrons. The summed E-state index contributed by atoms with van der Waals surface area (Å²) in [6.07, 6.45) is 0. The summed E-state index contributed by atoms with van der Waals surface area (Å²) in [5.74, 6) is 0. The Labute approximate surface area is 310 Å². The van der Waals surface area contributed by atoms with E-state index in [0.717, 1.165) is 54.6 Å². The fraction of sp³-hybridized carbons (Fsp3) is 0. The molecule has 0 saturated heterocycles. The van der Waals surface area contributed by atoms with E-state index in [2.05, 4.69) is 0 Å². The molecule has 52 heavy (non-hydrogen) atoms. The van der Waals surface area contributed by atoms with Crippen molar-refractivity contribution >= 4 is 60.5 Å². The van der Waals surface area contributed by atoms with E-state index < -0.39 is 0 Å². The predicted octanol–water partition coefficient (Wildman–Crippen LogP) is 14.4. The second-order valence-electron chi connectivity index (χ2n) is 12.8. The van der Waals surface area contributed by atoms with Crippen LogP contribution in [0.15, 0.2) is 204 Å². The van der Waals surface area contributed by atoms with Gasteiger partial charge in [0, 0.05) is 27.8 Å². The van der Waals surface area contributed by atoms with E-state index in [-0.39, 0.29) is 53.3 Å². The van der Waals surface area contributed by atoms with Gasteiger partial charge in [-0.2, -0.15) is 0 Å². The molecule has 2 heteroatoms. The van der Waals surface area contributed by atoms with Crippen LogP contribution in [-0.2, 0) is 0 Å². The van der Waals surface area contributed by atoms with Crippen molar-refractivity contribution < 1.29 is 12.6 Å². The molecule has 9 aromatic carbocycles. The quantitative estimate of drug-likeness (QED) is 0.175. The SMILES string of the molecule is [2H]c1cc(-c2cccc3ccccc23)cc([2H])c1N(c1c([2H])cc(-c2cccc3ccccc23)cc1[2H])c1c([2H])cc(-c2cccc3oc4ccccc4c23)cc1[2H]. The lowest BCUT2D eigenvalue weighted by molar-refractivity contribution is 0.669. The summed E-state index contributed by atoms with van der Waals surface area (Å²) in [7, 11) is 0. The zero-order valence-electron chi connectivity index (χ0n) is 33.9. The minimum Gasteiger partial charge on any atom is -0.456 e. The second kappa shape index (κ2) is 12.5. The highest BCUT2D eigenvalue weighted by atomic mass is 16.3. The molecule has 0 bridgehead atoms. The number of anilines is 3. The maximum atomic E-state index is 9.55. The lowest BCUT2D eigenvalue weighted by Crippen LogP contribution is -2.09. The molecule has 1 aromatic heterocycles. The Hall–Kier alpha value is -6.90. The highest BCUT2D eigenvalue weighted by Gasteiger charge is 2.16. The van der Waals surface area contributed by atoms with Gasteiger partial charge in [0.05, 0.1) is 8.22 Å². The Morgan fingerprint density at radius 1 is 0.346 bits per heavy atom. The summed E-state index contributed by atoms with van der Waals surface area (Å²) < 4.78 is 63.2. The summed E-state index contributed by atoms with van der Waals surface area (Å²) in [4.78, 5) is 1.44. The van der Waals surface area contributed by atoms with Crippen LogP contribution in [0.5, 0.6) is 0 Å². The van der Waals surface area contributed by atoms with Gasteiger partial charge in [-0.3, -0.25) is 0 Å². The summed E-state index contributed by atoms with van der Waals surface area (Å²) in [5, 5.41) is 5.83. The first-order chi connectivity index (χ1) is 28.2. The monoisotopic (exact) mass is 669 g/mol. The molecule has 0 aliphatic heterocycles. The van der Waals surface area contributed by atoms with Crippen molar-refractivity contribution in [2.24, 2.45) is 0 Å². The van der Waals surface area contributed by atoms with Crippen LogP contribution in [0.25, 0.3) is 76.9 Å². The summed E-state index contributed by atoms with van der Waals surface area (Å²) in [6, 6.07) is 51.2. The van der Waals surface area contributed by atoms with E-state index >= 15 is 0 Å². The lowest BCUT2D eigenvalue weighted by atomic mass is 9.97. The molecule has 0 saturated carbocycles. The predicted molar refractivity (Wildman–Crippen MR) is 220 cm³/mol. The minimum absolute atomic E-state index is 0.0372. The smallest absolute Gasteiger partial charge is 0.136 e. The molecule has 10 rings (SSSR count). The third kappa shape index (κ3) is 5.12. The van der Waals surface area contributed by atoms with E-state index in [0.29, 0.717) is 22.3 Å². The fourth-order valence-corrected chi connectivity index (χ4v) is 7.29. The van der Waals surface area contributed by atoms with Gasteiger partial charge >= 0.3 is 0 Å². The average Bonchev–Trinajstić information content (AvgIpc) is 3.61. The molecular weight excluding hydrogens is 631 g/mol. The molecule has 2 nitrogen and oxygen atoms in total. The number of fused-ring (bicyclic) bond motifs is 5. The summed E-state index contributed by atoms with van der Waals surface area (Å²) >= 11 is 0. The van der Waals surface area contributed by atoms with Crippen molar-refractivity contribution in [1.29, 1.82) is 0 Å². The zero-order chi connectivity index (χ0) is 39.7. The number of nitrogens with zero attached hydrogens (tertiary/aromatic N) is 1. The maximum Gasteiger partial charge on any atom is 0.136 e. The van der Waals surface area contributed by atoms with Gasteiger partial charge in [0.15, 0.2) is 0 Å². The third-order valence-corrected chi connectivity index (χ3v) is 9.77. The standard InChI is InChI=1S/C50H33NO/c1-3-14-42-34(10-1)12-7-17-44(42)36-22-28-39(29-23-36)51(40-30-24-37(25-31-40)45-18-8-13-35-11-2-4-15-43(35)45)41-32-26-38(27-33-41)46-19-9-21-49-50(46)47-16-5-6-20-48(47)52-49/h1-33H/i28D,29D,30D,31D,32D,33D. The molecular formula is C50H33NO. The number of furan rings is 1. The van der Waals surface area contributed by atoms with Gasteiger partial charge in [0.25, 0.3) is 0 Å². The van der Waals surface area contributed by atoms with Crippen LogP contribution in [0.2, 0.25) is 0 Å². The number of hydrogen-bond acceptors (Lipinski definition) is 2. The molecule has 244 valence electrons. The van der Waals surface area contributed by atoms with Gasteiger partial charge in [-0.15, -0.1) is 0 Å². The average molecular weight is 670 g/mol. The second-order valence-corrected chi connectivity index (χ2v) is 12.8. The van der Waals surface area contributed by atoms with Crippen LogP contribution < -0.4 is 4.90 Å². The third-order valence-electron chi connectivity index (χ3n) is 9.77. The fourth-order valence-electron chi connectivity index (χ4n) is 7.29. The Balaban J connectivity index is 1.19. The molecule has 0 fully saturated rings. The van der Waals surface area contributed by atoms with Crippen molar-refractivity contribution in [3.05, 3.63) is 200 Å². The van der Waals surface area contributed by atoms with Gasteiger partial charge in [-0.25, -0.2) is 0 Å². The Morgan fingerprint density at radius 2 is 0.731 bits per heavy atom. The Morgan fingerprint density at radius 3 is 1.27 bits per heavy atom. The van der Waals surface area contributed by atoms with Gasteiger partial charge in [-0.1, -0.05) is 152 Å². The molecule has 0 aliphatic rings. The van der Waals surface area contributed by atoms with Crippen molar-refractivity contribution in [3.8, 4) is 33.4 Å². The first-order valence-corrected chi connectivity index (χ1v) is 17.3. The molecule has 1 heterocycles. The van der Waals surface area contributed by atoms with Gasteiger partial charge < -0.3 is 9.32 Å². The number of hydrogen-bond donors (Lipinski definition) is 0. The lowest BCUT2D eigenvalue weighted by Gasteiger charge is -2.26. The normalized spacial score (nSPS) is 13.1. The van der Waals surface area contributed by atoms with Gasteiger partial charge in [0.2, 0.25) is 0 Å². The number of benzene rings is 9. The van der Waals surface area contributed by atoms with Crippen molar-refractivity contribution in [2.45, 2.75) is 0 Å².